The predicted octanol–water partition coefficient (Wildman–Crippen LogP) is 3.39. The Kier molecular flexibility index (Phi) is 5.61. The summed E-state index contributed by atoms with van der Waals surface area (Å²) < 4.78 is 26.5. The molecular weight excluding hydrogens is 270 g/mol. The van der Waals surface area contributed by atoms with E-state index in [2.05, 4.69) is 12.1 Å². The van der Waals surface area contributed by atoms with Crippen LogP contribution in [0.4, 0.5) is 0 Å². The fourth-order valence-electron chi connectivity index (χ4n) is 2.81. The van der Waals surface area contributed by atoms with E-state index in [-0.39, 0.29) is 0 Å². The topological polar surface area (TPSA) is 37.4 Å². The van der Waals surface area contributed by atoms with E-state index >= 15 is 0 Å². The molecule has 1 unspecified atom stereocenters. The fourth-order valence-corrected chi connectivity index (χ4v) is 4.54. The lowest BCUT2D eigenvalue weighted by molar-refractivity contribution is 0.405. The summed E-state index contributed by atoms with van der Waals surface area (Å²) in [5, 5.41) is 0. The first-order valence-corrected chi connectivity index (χ1v) is 9.27. The van der Waals surface area contributed by atoms with Gasteiger partial charge in [0.15, 0.2) is 0 Å². The van der Waals surface area contributed by atoms with E-state index in [0.717, 1.165) is 32.1 Å². The zero-order valence-corrected chi connectivity index (χ0v) is 13.1. The van der Waals surface area contributed by atoms with Crippen molar-refractivity contribution in [2.75, 3.05) is 18.8 Å². The maximum Gasteiger partial charge on any atom is 0.214 e. The summed E-state index contributed by atoms with van der Waals surface area (Å²) in [6, 6.07) is 10.3. The van der Waals surface area contributed by atoms with Gasteiger partial charge in [-0.1, -0.05) is 50.1 Å². The molecule has 1 heterocycles. The smallest absolute Gasteiger partial charge is 0.212 e. The highest BCUT2D eigenvalue weighted by Crippen LogP contribution is 2.27. The van der Waals surface area contributed by atoms with Crippen molar-refractivity contribution in [1.82, 2.24) is 4.31 Å². The maximum absolute atomic E-state index is 12.4. The Morgan fingerprint density at radius 3 is 2.65 bits per heavy atom. The first kappa shape index (κ1) is 15.5. The Balaban J connectivity index is 2.11. The van der Waals surface area contributed by atoms with Crippen LogP contribution in [-0.2, 0) is 10.0 Å². The molecule has 0 bridgehead atoms. The number of hydrogen-bond donors (Lipinski definition) is 0. The molecule has 4 heteroatoms. The Hall–Kier alpha value is -0.870. The minimum absolute atomic E-state index is 0.297. The summed E-state index contributed by atoms with van der Waals surface area (Å²) in [6.45, 7) is 3.37. The maximum atomic E-state index is 12.4. The van der Waals surface area contributed by atoms with Crippen LogP contribution in [0, 0.1) is 0 Å². The second kappa shape index (κ2) is 7.23. The monoisotopic (exact) mass is 295 g/mol. The van der Waals surface area contributed by atoms with E-state index in [1.807, 2.05) is 25.1 Å². The highest BCUT2D eigenvalue weighted by molar-refractivity contribution is 7.89. The molecular formula is C16H25NO2S. The van der Waals surface area contributed by atoms with Crippen molar-refractivity contribution in [3.8, 4) is 0 Å². The van der Waals surface area contributed by atoms with Crippen LogP contribution in [0.1, 0.15) is 50.5 Å². The molecule has 1 atom stereocenters. The molecule has 0 saturated carbocycles. The van der Waals surface area contributed by atoms with Crippen LogP contribution >= 0.6 is 0 Å². The van der Waals surface area contributed by atoms with Crippen LogP contribution in [0.2, 0.25) is 0 Å². The van der Waals surface area contributed by atoms with Gasteiger partial charge < -0.3 is 0 Å². The molecule has 3 nitrogen and oxygen atoms in total. The van der Waals surface area contributed by atoms with Crippen LogP contribution in [0.15, 0.2) is 30.3 Å². The molecule has 0 aromatic heterocycles. The van der Waals surface area contributed by atoms with Crippen LogP contribution in [-0.4, -0.2) is 31.6 Å². The molecule has 0 N–H and O–H groups in total. The van der Waals surface area contributed by atoms with Gasteiger partial charge in [-0.15, -0.1) is 0 Å². The normalized spacial score (nSPS) is 21.6. The van der Waals surface area contributed by atoms with E-state index in [1.165, 1.54) is 5.56 Å². The van der Waals surface area contributed by atoms with Gasteiger partial charge in [-0.05, 0) is 30.7 Å². The first-order chi connectivity index (χ1) is 9.63. The van der Waals surface area contributed by atoms with Crippen LogP contribution in [0.5, 0.6) is 0 Å². The summed E-state index contributed by atoms with van der Waals surface area (Å²) in [7, 11) is -3.08. The fraction of sp³-hybridized carbons (Fsp3) is 0.625. The summed E-state index contributed by atoms with van der Waals surface area (Å²) in [5.74, 6) is 0.639. The molecule has 0 aliphatic carbocycles. The van der Waals surface area contributed by atoms with E-state index in [1.54, 1.807) is 4.31 Å². The molecule has 1 fully saturated rings. The Bertz CT molecular complexity index is 498. The van der Waals surface area contributed by atoms with Crippen molar-refractivity contribution in [2.24, 2.45) is 0 Å². The number of unbranched alkanes of at least 4 members (excludes halogenated alkanes) is 1. The molecule has 112 valence electrons. The molecule has 2 rings (SSSR count). The standard InChI is InChI=1S/C16H25NO2S/c1-2-3-13-20(18,19)17-12-8-7-11-16(14-17)15-9-5-4-6-10-15/h4-6,9-10,16H,2-3,7-8,11-14H2,1H3. The van der Waals surface area contributed by atoms with Gasteiger partial charge in [0.1, 0.15) is 0 Å². The lowest BCUT2D eigenvalue weighted by Gasteiger charge is -2.24. The summed E-state index contributed by atoms with van der Waals surface area (Å²) >= 11 is 0. The molecule has 1 saturated heterocycles. The van der Waals surface area contributed by atoms with Crippen molar-refractivity contribution in [3.63, 3.8) is 0 Å². The van der Waals surface area contributed by atoms with E-state index < -0.39 is 10.0 Å². The van der Waals surface area contributed by atoms with Crippen LogP contribution in [0.3, 0.4) is 0 Å². The highest BCUT2D eigenvalue weighted by Gasteiger charge is 2.27. The molecule has 0 amide bonds. The van der Waals surface area contributed by atoms with Gasteiger partial charge in [-0.2, -0.15) is 0 Å². The van der Waals surface area contributed by atoms with Crippen molar-refractivity contribution in [1.29, 1.82) is 0 Å². The number of sulfonamides is 1. The van der Waals surface area contributed by atoms with Gasteiger partial charge in [0, 0.05) is 13.1 Å². The van der Waals surface area contributed by atoms with Gasteiger partial charge in [0.25, 0.3) is 0 Å². The molecule has 1 aliphatic heterocycles. The van der Waals surface area contributed by atoms with Crippen molar-refractivity contribution < 1.29 is 8.42 Å². The molecule has 0 radical (unpaired) electrons. The van der Waals surface area contributed by atoms with Crippen molar-refractivity contribution >= 4 is 10.0 Å². The molecule has 1 aliphatic rings. The number of nitrogens with zero attached hydrogens (tertiary/aromatic N) is 1. The molecule has 1 aromatic rings. The predicted molar refractivity (Wildman–Crippen MR) is 83.3 cm³/mol. The SMILES string of the molecule is CCCCS(=O)(=O)N1CCCCC(c2ccccc2)C1. The van der Waals surface area contributed by atoms with Crippen LogP contribution in [0.25, 0.3) is 0 Å². The highest BCUT2D eigenvalue weighted by atomic mass is 32.2. The number of hydrogen-bond acceptors (Lipinski definition) is 2. The van der Waals surface area contributed by atoms with Crippen LogP contribution < -0.4 is 0 Å². The second-order valence-electron chi connectivity index (χ2n) is 5.63. The lowest BCUT2D eigenvalue weighted by atomic mass is 9.95. The average Bonchev–Trinajstić information content (AvgIpc) is 2.73. The van der Waals surface area contributed by atoms with Gasteiger partial charge in [0.2, 0.25) is 10.0 Å². The minimum Gasteiger partial charge on any atom is -0.212 e. The summed E-state index contributed by atoms with van der Waals surface area (Å²) in [4.78, 5) is 0. The quantitative estimate of drug-likeness (QED) is 0.835. The summed E-state index contributed by atoms with van der Waals surface area (Å²) in [5.41, 5.74) is 1.27. The van der Waals surface area contributed by atoms with E-state index in [0.29, 0.717) is 24.8 Å². The van der Waals surface area contributed by atoms with Crippen molar-refractivity contribution in [3.05, 3.63) is 35.9 Å². The largest absolute Gasteiger partial charge is 0.214 e. The van der Waals surface area contributed by atoms with Gasteiger partial charge in [0.05, 0.1) is 5.75 Å². The third-order valence-electron chi connectivity index (χ3n) is 4.05. The Morgan fingerprint density at radius 2 is 1.95 bits per heavy atom. The average molecular weight is 295 g/mol. The third-order valence-corrected chi connectivity index (χ3v) is 5.98. The Morgan fingerprint density at radius 1 is 1.20 bits per heavy atom. The van der Waals surface area contributed by atoms with Gasteiger partial charge in [-0.25, -0.2) is 12.7 Å². The van der Waals surface area contributed by atoms with Gasteiger partial charge >= 0.3 is 0 Å². The molecule has 1 aromatic carbocycles. The first-order valence-electron chi connectivity index (χ1n) is 7.66. The number of rotatable bonds is 5. The summed E-state index contributed by atoms with van der Waals surface area (Å²) in [6.07, 6.45) is 4.86. The molecule has 0 spiro atoms. The van der Waals surface area contributed by atoms with Gasteiger partial charge in [-0.3, -0.25) is 0 Å². The lowest BCUT2D eigenvalue weighted by Crippen LogP contribution is -2.35. The Labute approximate surface area is 123 Å². The molecule has 20 heavy (non-hydrogen) atoms. The second-order valence-corrected chi connectivity index (χ2v) is 7.72. The number of benzene rings is 1. The van der Waals surface area contributed by atoms with E-state index in [9.17, 15) is 8.42 Å². The van der Waals surface area contributed by atoms with Crippen molar-refractivity contribution in [2.45, 2.75) is 44.9 Å². The third kappa shape index (κ3) is 4.06. The zero-order valence-electron chi connectivity index (χ0n) is 12.3. The zero-order chi connectivity index (χ0) is 14.4. The minimum atomic E-state index is -3.08. The van der Waals surface area contributed by atoms with E-state index in [4.69, 9.17) is 0 Å².